The highest BCUT2D eigenvalue weighted by Gasteiger charge is 2.55. The zero-order chi connectivity index (χ0) is 38.3. The van der Waals surface area contributed by atoms with E-state index < -0.39 is 59.1 Å². The number of ether oxygens (including phenoxy) is 3. The minimum atomic E-state index is -1.07. The van der Waals surface area contributed by atoms with Gasteiger partial charge < -0.3 is 35.4 Å². The largest absolute Gasteiger partial charge is 0.461 e. The van der Waals surface area contributed by atoms with Crippen LogP contribution in [0.1, 0.15) is 57.5 Å². The molecule has 2 aliphatic rings. The molecular formula is C36H40N6O9S2. The molecule has 2 aromatic carbocycles. The molecule has 0 radical (unpaired) electrons. The third-order valence-corrected chi connectivity index (χ3v) is 9.66. The van der Waals surface area contributed by atoms with Crippen molar-refractivity contribution in [3.05, 3.63) is 94.1 Å². The molecule has 15 nitrogen and oxygen atoms in total. The fraction of sp³-hybridized carbons (Fsp3) is 0.361. The lowest BCUT2D eigenvalue weighted by Gasteiger charge is -2.49. The van der Waals surface area contributed by atoms with Gasteiger partial charge in [0.15, 0.2) is 16.9 Å². The van der Waals surface area contributed by atoms with E-state index >= 15 is 0 Å². The summed E-state index contributed by atoms with van der Waals surface area (Å²) in [7, 11) is 0. The molecule has 3 atom stereocenters. The number of hydrogen-bond donors (Lipinski definition) is 3. The molecule has 0 saturated carbocycles. The van der Waals surface area contributed by atoms with Gasteiger partial charge in [0, 0.05) is 23.6 Å². The van der Waals surface area contributed by atoms with E-state index in [4.69, 9.17) is 24.8 Å². The first-order chi connectivity index (χ1) is 25.2. The number of nitrogen functional groups attached to an aromatic ring is 1. The highest BCUT2D eigenvalue weighted by atomic mass is 32.2. The number of carbonyl (C=O) groups is 5. The number of hydrogen-bond acceptors (Lipinski definition) is 14. The number of alkyl carbamates (subject to hydrolysis) is 1. The first kappa shape index (κ1) is 38.8. The number of carbonyl (C=O) groups excluding carboxylic acids is 5. The fourth-order valence-corrected chi connectivity index (χ4v) is 7.13. The maximum absolute atomic E-state index is 14.1. The van der Waals surface area contributed by atoms with Gasteiger partial charge in [-0.25, -0.2) is 14.6 Å². The van der Waals surface area contributed by atoms with Gasteiger partial charge in [-0.3, -0.25) is 19.3 Å². The second kappa shape index (κ2) is 16.9. The average molecular weight is 765 g/mol. The Balaban J connectivity index is 1.35. The van der Waals surface area contributed by atoms with Crippen molar-refractivity contribution in [2.24, 2.45) is 5.16 Å². The number of amides is 3. The quantitative estimate of drug-likeness (QED) is 0.0747. The third kappa shape index (κ3) is 9.92. The molecule has 2 aliphatic heterocycles. The summed E-state index contributed by atoms with van der Waals surface area (Å²) in [6.07, 6.45) is -2.15. The summed E-state index contributed by atoms with van der Waals surface area (Å²) >= 11 is 2.36. The van der Waals surface area contributed by atoms with Crippen LogP contribution in [0.2, 0.25) is 0 Å². The number of anilines is 1. The summed E-state index contributed by atoms with van der Waals surface area (Å²) in [5.41, 5.74) is 6.74. The molecule has 53 heavy (non-hydrogen) atoms. The van der Waals surface area contributed by atoms with Crippen LogP contribution < -0.4 is 16.4 Å². The number of β-lactam (4-membered cyclic amide) rings is 1. The van der Waals surface area contributed by atoms with E-state index in [1.165, 1.54) is 29.0 Å². The number of thioether (sulfide) groups is 1. The zero-order valence-electron chi connectivity index (χ0n) is 29.7. The molecule has 280 valence electrons. The van der Waals surface area contributed by atoms with Crippen LogP contribution in [0.15, 0.2) is 82.5 Å². The van der Waals surface area contributed by atoms with Crippen LogP contribution in [0.3, 0.4) is 0 Å². The van der Waals surface area contributed by atoms with Gasteiger partial charge in [0.05, 0.1) is 6.54 Å². The molecule has 1 fully saturated rings. The van der Waals surface area contributed by atoms with Gasteiger partial charge in [-0.2, -0.15) is 0 Å². The first-order valence-corrected chi connectivity index (χ1v) is 18.5. The van der Waals surface area contributed by atoms with Gasteiger partial charge in [-0.1, -0.05) is 65.8 Å². The topological polar surface area (TPSA) is 201 Å². The van der Waals surface area contributed by atoms with E-state index in [-0.39, 0.29) is 41.1 Å². The van der Waals surface area contributed by atoms with E-state index in [2.05, 4.69) is 20.8 Å². The lowest BCUT2D eigenvalue weighted by molar-refractivity contribution is -0.154. The number of thiazole rings is 1. The summed E-state index contributed by atoms with van der Waals surface area (Å²) in [5, 5.41) is 10.3. The number of oxime groups is 1. The van der Waals surface area contributed by atoms with Gasteiger partial charge in [0.1, 0.15) is 41.1 Å². The van der Waals surface area contributed by atoms with E-state index in [0.717, 1.165) is 11.3 Å². The van der Waals surface area contributed by atoms with Crippen LogP contribution in [0.25, 0.3) is 0 Å². The third-order valence-electron chi connectivity index (χ3n) is 7.64. The number of nitrogens with two attached hydrogens (primary N) is 1. The van der Waals surface area contributed by atoms with E-state index in [9.17, 15) is 24.0 Å². The first-order valence-electron chi connectivity index (χ1n) is 16.6. The van der Waals surface area contributed by atoms with Crippen LogP contribution in [0.4, 0.5) is 9.93 Å². The SMILES string of the molecule is CC(=O)OCC1=C(C(=O)OC(c2ccccc2)c2ccccc2)N2C(=O)[C@@H](NC(=O)C(=NO[C@@H](C)CNC(=O)OC(C)(C)C)c3csc(N)n3)[C@H]2SC1. The summed E-state index contributed by atoms with van der Waals surface area (Å²) < 4.78 is 16.6. The molecule has 0 spiro atoms. The molecule has 4 N–H and O–H groups in total. The predicted octanol–water partition coefficient (Wildman–Crippen LogP) is 3.91. The van der Waals surface area contributed by atoms with Gasteiger partial charge in [-0.15, -0.1) is 23.1 Å². The number of benzene rings is 2. The van der Waals surface area contributed by atoms with Crippen molar-refractivity contribution in [3.63, 3.8) is 0 Å². The van der Waals surface area contributed by atoms with Crippen molar-refractivity contribution >= 4 is 63.8 Å². The highest BCUT2D eigenvalue weighted by Crippen LogP contribution is 2.42. The number of fused-ring (bicyclic) bond motifs is 1. The summed E-state index contributed by atoms with van der Waals surface area (Å²) in [5.74, 6) is -2.53. The van der Waals surface area contributed by atoms with E-state index in [1.807, 2.05) is 60.7 Å². The monoisotopic (exact) mass is 764 g/mol. The Hall–Kier alpha value is -5.42. The molecular weight excluding hydrogens is 725 g/mol. The summed E-state index contributed by atoms with van der Waals surface area (Å²) in [6.45, 7) is 7.85. The van der Waals surface area contributed by atoms with Crippen molar-refractivity contribution < 1.29 is 43.0 Å². The van der Waals surface area contributed by atoms with Crippen molar-refractivity contribution in [1.29, 1.82) is 0 Å². The second-order valence-electron chi connectivity index (χ2n) is 13.0. The van der Waals surface area contributed by atoms with E-state index in [1.54, 1.807) is 27.7 Å². The van der Waals surface area contributed by atoms with Crippen molar-refractivity contribution in [2.45, 2.75) is 63.8 Å². The Bertz CT molecular complexity index is 1860. The van der Waals surface area contributed by atoms with Crippen molar-refractivity contribution in [1.82, 2.24) is 20.5 Å². The summed E-state index contributed by atoms with van der Waals surface area (Å²) in [6, 6.07) is 17.2. The second-order valence-corrected chi connectivity index (χ2v) is 15.0. The number of nitrogens with one attached hydrogen (secondary N) is 2. The number of rotatable bonds is 13. The van der Waals surface area contributed by atoms with E-state index in [0.29, 0.717) is 16.7 Å². The van der Waals surface area contributed by atoms with Crippen LogP contribution in [-0.2, 0) is 38.2 Å². The smallest absolute Gasteiger partial charge is 0.407 e. The molecule has 17 heteroatoms. The molecule has 1 saturated heterocycles. The van der Waals surface area contributed by atoms with Crippen molar-refractivity contribution in [2.75, 3.05) is 24.6 Å². The minimum Gasteiger partial charge on any atom is -0.461 e. The highest BCUT2D eigenvalue weighted by molar-refractivity contribution is 8.00. The zero-order valence-corrected chi connectivity index (χ0v) is 31.3. The molecule has 0 aliphatic carbocycles. The molecule has 0 bridgehead atoms. The fourth-order valence-electron chi connectivity index (χ4n) is 5.25. The maximum atomic E-state index is 14.1. The van der Waals surface area contributed by atoms with Gasteiger partial charge in [0.25, 0.3) is 11.8 Å². The Labute approximate surface area is 314 Å². The molecule has 3 heterocycles. The molecule has 0 unspecified atom stereocenters. The standard InChI is InChI=1S/C36H40N6O9S2/c1-20(16-38-35(47)50-36(3,4)5)51-41-26(25-19-53-34(37)39-25)30(44)40-27-31(45)42-28(24(17-48-21(2)43)18-52-32(27)42)33(46)49-29(22-12-8-6-9-13-22)23-14-10-7-11-15-23/h6-15,19-20,27,29,32H,16-18H2,1-5H3,(H2,37,39)(H,38,47)(H,40,44)/t20-,27+,32+/m0/s1. The number of nitrogens with zero attached hydrogens (tertiary/aromatic N) is 3. The van der Waals surface area contributed by atoms with Crippen molar-refractivity contribution in [3.8, 4) is 0 Å². The van der Waals surface area contributed by atoms with Gasteiger partial charge in [-0.05, 0) is 38.8 Å². The minimum absolute atomic E-state index is 0.0115. The van der Waals surface area contributed by atoms with Crippen LogP contribution in [0.5, 0.6) is 0 Å². The average Bonchev–Trinajstić information content (AvgIpc) is 3.55. The lowest BCUT2D eigenvalue weighted by atomic mass is 10.0. The van der Waals surface area contributed by atoms with Gasteiger partial charge >= 0.3 is 18.0 Å². The Morgan fingerprint density at radius 1 is 1.06 bits per heavy atom. The van der Waals surface area contributed by atoms with Crippen LogP contribution in [0, 0.1) is 0 Å². The molecule has 3 amide bonds. The summed E-state index contributed by atoms with van der Waals surface area (Å²) in [4.78, 5) is 76.4. The maximum Gasteiger partial charge on any atom is 0.407 e. The van der Waals surface area contributed by atoms with Gasteiger partial charge in [0.2, 0.25) is 0 Å². The number of esters is 2. The normalized spacial score (nSPS) is 17.7. The molecule has 1 aromatic heterocycles. The Morgan fingerprint density at radius 2 is 1.70 bits per heavy atom. The lowest BCUT2D eigenvalue weighted by Crippen LogP contribution is -2.71. The van der Waals surface area contributed by atoms with Crippen LogP contribution >= 0.6 is 23.1 Å². The number of aromatic nitrogens is 1. The predicted molar refractivity (Wildman–Crippen MR) is 197 cm³/mol. The molecule has 3 aromatic rings. The van der Waals surface area contributed by atoms with Crippen LogP contribution in [-0.4, -0.2) is 87.5 Å². The Kier molecular flexibility index (Phi) is 12.4. The Morgan fingerprint density at radius 3 is 2.26 bits per heavy atom. The molecule has 5 rings (SSSR count).